The van der Waals surface area contributed by atoms with Gasteiger partial charge in [-0.2, -0.15) is 5.10 Å². The van der Waals surface area contributed by atoms with Crippen molar-refractivity contribution in [3.05, 3.63) is 107 Å². The van der Waals surface area contributed by atoms with Crippen molar-refractivity contribution < 1.29 is 23.2 Å². The summed E-state index contributed by atoms with van der Waals surface area (Å²) in [6.45, 7) is 3.68. The third-order valence-corrected chi connectivity index (χ3v) is 7.17. The Morgan fingerprint density at radius 1 is 1.02 bits per heavy atom. The van der Waals surface area contributed by atoms with Crippen molar-refractivity contribution in [2.75, 3.05) is 0 Å². The van der Waals surface area contributed by atoms with Gasteiger partial charge in [0.25, 0.3) is 5.91 Å². The van der Waals surface area contributed by atoms with E-state index in [0.717, 1.165) is 18.9 Å². The van der Waals surface area contributed by atoms with Gasteiger partial charge in [-0.3, -0.25) is 24.0 Å². The number of nitrogens with two attached hydrogens (primary N) is 1. The molecular weight excluding hydrogens is 554 g/mol. The molecule has 4 aromatic rings. The molecule has 1 fully saturated rings. The third-order valence-electron chi connectivity index (χ3n) is 7.17. The molecule has 222 valence electrons. The maximum atomic E-state index is 14.1. The van der Waals surface area contributed by atoms with Crippen LogP contribution in [0.1, 0.15) is 76.4 Å². The van der Waals surface area contributed by atoms with Crippen molar-refractivity contribution in [3.63, 3.8) is 0 Å². The number of carbonyl (C=O) groups excluding carboxylic acids is 3. The highest BCUT2D eigenvalue weighted by Crippen LogP contribution is 2.30. The molecule has 5 rings (SSSR count). The Hall–Kier alpha value is -4.93. The van der Waals surface area contributed by atoms with E-state index in [9.17, 15) is 23.2 Å². The number of benzene rings is 2. The molecule has 9 nitrogen and oxygen atoms in total. The standard InChI is InChI=1S/C32H32F2N6O3/c1-18(2)28-16-27(32(43)37-24-8-9-24)39-40(28)17-29(41)38-26(13-19-11-22(33)15-23(34)12-19)30-25(7-4-10-36-30)20-5-3-6-21(14-20)31(35)42/h3-7,10-12,14-16,18,24,26H,8-9,13,17H2,1-2H3,(H2,35,42)(H,37,43)(H,38,41)/t26-/m0/s1. The van der Waals surface area contributed by atoms with Crippen molar-refractivity contribution in [1.29, 1.82) is 0 Å². The van der Waals surface area contributed by atoms with Crippen molar-refractivity contribution in [2.45, 2.75) is 57.7 Å². The SMILES string of the molecule is CC(C)c1cc(C(=O)NC2CC2)nn1CC(=O)N[C@@H](Cc1cc(F)cc(F)c1)c1ncccc1-c1cccc(C(N)=O)c1. The lowest BCUT2D eigenvalue weighted by Crippen LogP contribution is -2.34. The summed E-state index contributed by atoms with van der Waals surface area (Å²) in [5, 5.41) is 10.3. The van der Waals surface area contributed by atoms with Crippen molar-refractivity contribution in [1.82, 2.24) is 25.4 Å². The number of pyridine rings is 1. The van der Waals surface area contributed by atoms with Crippen LogP contribution in [0.4, 0.5) is 8.78 Å². The van der Waals surface area contributed by atoms with E-state index in [1.807, 2.05) is 13.8 Å². The number of halogens is 2. The fourth-order valence-electron chi connectivity index (χ4n) is 4.96. The van der Waals surface area contributed by atoms with Gasteiger partial charge < -0.3 is 16.4 Å². The number of hydrogen-bond acceptors (Lipinski definition) is 5. The van der Waals surface area contributed by atoms with Crippen LogP contribution in [0.5, 0.6) is 0 Å². The van der Waals surface area contributed by atoms with E-state index >= 15 is 0 Å². The number of nitrogens with one attached hydrogen (secondary N) is 2. The van der Waals surface area contributed by atoms with E-state index in [1.54, 1.807) is 48.7 Å². The van der Waals surface area contributed by atoms with Crippen molar-refractivity contribution in [3.8, 4) is 11.1 Å². The molecule has 43 heavy (non-hydrogen) atoms. The van der Waals surface area contributed by atoms with Crippen LogP contribution in [0, 0.1) is 11.6 Å². The van der Waals surface area contributed by atoms with Crippen LogP contribution in [0.15, 0.2) is 66.9 Å². The highest BCUT2D eigenvalue weighted by Gasteiger charge is 2.27. The average molecular weight is 587 g/mol. The maximum absolute atomic E-state index is 14.1. The van der Waals surface area contributed by atoms with Crippen LogP contribution in [0.2, 0.25) is 0 Å². The van der Waals surface area contributed by atoms with Gasteiger partial charge in [0, 0.05) is 35.1 Å². The Labute approximate surface area is 247 Å². The molecule has 1 atom stereocenters. The van der Waals surface area contributed by atoms with Crippen LogP contribution in [-0.2, 0) is 17.8 Å². The lowest BCUT2D eigenvalue weighted by atomic mass is 9.94. The Balaban J connectivity index is 1.47. The summed E-state index contributed by atoms with van der Waals surface area (Å²) in [5.41, 5.74) is 8.70. The van der Waals surface area contributed by atoms with E-state index in [0.29, 0.717) is 33.6 Å². The van der Waals surface area contributed by atoms with Gasteiger partial charge in [0.1, 0.15) is 23.9 Å². The topological polar surface area (TPSA) is 132 Å². The molecule has 0 aliphatic heterocycles. The number of nitrogens with zero attached hydrogens (tertiary/aromatic N) is 3. The monoisotopic (exact) mass is 586 g/mol. The van der Waals surface area contributed by atoms with Crippen LogP contribution < -0.4 is 16.4 Å². The van der Waals surface area contributed by atoms with Gasteiger partial charge >= 0.3 is 0 Å². The maximum Gasteiger partial charge on any atom is 0.272 e. The lowest BCUT2D eigenvalue weighted by Gasteiger charge is -2.22. The van der Waals surface area contributed by atoms with Crippen LogP contribution in [-0.4, -0.2) is 38.5 Å². The number of aromatic nitrogens is 3. The van der Waals surface area contributed by atoms with Gasteiger partial charge in [0.15, 0.2) is 0 Å². The minimum absolute atomic E-state index is 0.0190. The summed E-state index contributed by atoms with van der Waals surface area (Å²) in [5.74, 6) is -2.84. The molecule has 1 aliphatic carbocycles. The van der Waals surface area contributed by atoms with Gasteiger partial charge in [-0.15, -0.1) is 0 Å². The first-order chi connectivity index (χ1) is 20.6. The normalized spacial score (nSPS) is 13.5. The number of hydrogen-bond donors (Lipinski definition) is 3. The molecule has 0 unspecified atom stereocenters. The van der Waals surface area contributed by atoms with E-state index in [2.05, 4.69) is 20.7 Å². The molecule has 2 heterocycles. The predicted octanol–water partition coefficient (Wildman–Crippen LogP) is 4.44. The predicted molar refractivity (Wildman–Crippen MR) is 156 cm³/mol. The van der Waals surface area contributed by atoms with Crippen LogP contribution >= 0.6 is 0 Å². The van der Waals surface area contributed by atoms with Gasteiger partial charge in [0.2, 0.25) is 11.8 Å². The first-order valence-electron chi connectivity index (χ1n) is 14.1. The minimum atomic E-state index is -0.821. The summed E-state index contributed by atoms with van der Waals surface area (Å²) >= 11 is 0. The third kappa shape index (κ3) is 7.29. The Kier molecular flexibility index (Phi) is 8.61. The molecule has 2 aromatic heterocycles. The van der Waals surface area contributed by atoms with Gasteiger partial charge in [-0.05, 0) is 72.7 Å². The zero-order valence-electron chi connectivity index (χ0n) is 23.8. The van der Waals surface area contributed by atoms with E-state index in [4.69, 9.17) is 5.73 Å². The summed E-state index contributed by atoms with van der Waals surface area (Å²) in [6, 6.07) is 14.4. The molecule has 11 heteroatoms. The van der Waals surface area contributed by atoms with Gasteiger partial charge in [-0.25, -0.2) is 8.78 Å². The second-order valence-electron chi connectivity index (χ2n) is 11.0. The first kappa shape index (κ1) is 29.6. The summed E-state index contributed by atoms with van der Waals surface area (Å²) < 4.78 is 29.8. The van der Waals surface area contributed by atoms with Gasteiger partial charge in [0.05, 0.1) is 11.7 Å². The molecular formula is C32H32F2N6O3. The molecule has 3 amide bonds. The molecule has 0 radical (unpaired) electrons. The fourth-order valence-corrected chi connectivity index (χ4v) is 4.96. The van der Waals surface area contributed by atoms with E-state index < -0.39 is 29.5 Å². The molecule has 0 spiro atoms. The summed E-state index contributed by atoms with van der Waals surface area (Å²) in [4.78, 5) is 42.6. The number of primary amides is 1. The molecule has 2 aromatic carbocycles. The summed E-state index contributed by atoms with van der Waals surface area (Å²) in [7, 11) is 0. The molecule has 1 saturated carbocycles. The van der Waals surface area contributed by atoms with E-state index in [-0.39, 0.29) is 36.5 Å². The van der Waals surface area contributed by atoms with Crippen molar-refractivity contribution in [2.24, 2.45) is 5.73 Å². The fraction of sp³-hybridized carbons (Fsp3) is 0.281. The van der Waals surface area contributed by atoms with Gasteiger partial charge in [-0.1, -0.05) is 32.0 Å². The first-order valence-corrected chi connectivity index (χ1v) is 14.1. The Bertz CT molecular complexity index is 1660. The minimum Gasteiger partial charge on any atom is -0.366 e. The average Bonchev–Trinajstić information content (AvgIpc) is 3.67. The quantitative estimate of drug-likeness (QED) is 0.239. The number of amides is 3. The molecule has 0 saturated heterocycles. The smallest absolute Gasteiger partial charge is 0.272 e. The lowest BCUT2D eigenvalue weighted by molar-refractivity contribution is -0.122. The Morgan fingerprint density at radius 3 is 2.44 bits per heavy atom. The highest BCUT2D eigenvalue weighted by molar-refractivity contribution is 5.94. The zero-order chi connectivity index (χ0) is 30.7. The van der Waals surface area contributed by atoms with Crippen LogP contribution in [0.3, 0.4) is 0 Å². The largest absolute Gasteiger partial charge is 0.366 e. The number of rotatable bonds is 11. The summed E-state index contributed by atoms with van der Waals surface area (Å²) in [6.07, 6.45) is 3.44. The molecule has 1 aliphatic rings. The second-order valence-corrected chi connectivity index (χ2v) is 11.0. The van der Waals surface area contributed by atoms with E-state index in [1.165, 1.54) is 16.8 Å². The molecule has 4 N–H and O–H groups in total. The Morgan fingerprint density at radius 2 is 1.77 bits per heavy atom. The zero-order valence-corrected chi connectivity index (χ0v) is 23.8. The molecule has 0 bridgehead atoms. The second kappa shape index (κ2) is 12.5. The van der Waals surface area contributed by atoms with Crippen LogP contribution in [0.25, 0.3) is 11.1 Å². The highest BCUT2D eigenvalue weighted by atomic mass is 19.1. The number of carbonyl (C=O) groups is 3. The van der Waals surface area contributed by atoms with Crippen molar-refractivity contribution >= 4 is 17.7 Å².